The molecule has 1 heterocycles. The van der Waals surface area contributed by atoms with Crippen LogP contribution in [0.25, 0.3) is 0 Å². The molecule has 26 heavy (non-hydrogen) atoms. The summed E-state index contributed by atoms with van der Waals surface area (Å²) in [5, 5.41) is 2.58. The molecule has 5 nitrogen and oxygen atoms in total. The van der Waals surface area contributed by atoms with Crippen LogP contribution in [0.2, 0.25) is 0 Å². The molecule has 0 spiro atoms. The molecule has 1 aliphatic rings. The molecule has 8 heteroatoms. The normalized spacial score (nSPS) is 15.6. The quantitative estimate of drug-likeness (QED) is 0.780. The van der Waals surface area contributed by atoms with Gasteiger partial charge in [0.05, 0.1) is 10.5 Å². The Kier molecular flexibility index (Phi) is 5.74. The van der Waals surface area contributed by atoms with Crippen LogP contribution in [0.3, 0.4) is 0 Å². The fourth-order valence-electron chi connectivity index (χ4n) is 2.86. The zero-order chi connectivity index (χ0) is 18.7. The van der Waals surface area contributed by atoms with Gasteiger partial charge in [0.15, 0.2) is 0 Å². The first-order valence-electron chi connectivity index (χ1n) is 8.24. The smallest absolute Gasteiger partial charge is 0.256 e. The lowest BCUT2D eigenvalue weighted by molar-refractivity contribution is 0.102. The number of sulfonamides is 1. The van der Waals surface area contributed by atoms with Crippen LogP contribution in [0.1, 0.15) is 29.6 Å². The Hall–Kier alpha value is -1.77. The summed E-state index contributed by atoms with van der Waals surface area (Å²) < 4.78 is 40.8. The molecule has 1 amide bonds. The third kappa shape index (κ3) is 4.13. The predicted octanol–water partition coefficient (Wildman–Crippen LogP) is 4.02. The van der Waals surface area contributed by atoms with E-state index in [1.807, 2.05) is 0 Å². The summed E-state index contributed by atoms with van der Waals surface area (Å²) in [7, 11) is -3.64. The molecule has 0 radical (unpaired) electrons. The van der Waals surface area contributed by atoms with Crippen LogP contribution in [0.4, 0.5) is 10.1 Å². The molecular formula is C18H18BrFN2O3S. The van der Waals surface area contributed by atoms with Gasteiger partial charge in [0.1, 0.15) is 5.82 Å². The number of benzene rings is 2. The minimum Gasteiger partial charge on any atom is -0.322 e. The van der Waals surface area contributed by atoms with Crippen LogP contribution in [0.15, 0.2) is 51.8 Å². The van der Waals surface area contributed by atoms with E-state index in [1.165, 1.54) is 40.7 Å². The number of carbonyl (C=O) groups is 1. The van der Waals surface area contributed by atoms with E-state index in [-0.39, 0.29) is 10.5 Å². The molecule has 0 unspecified atom stereocenters. The average Bonchev–Trinajstić information content (AvgIpc) is 2.62. The highest BCUT2D eigenvalue weighted by molar-refractivity contribution is 9.10. The largest absolute Gasteiger partial charge is 0.322 e. The molecule has 0 aliphatic carbocycles. The molecule has 1 aliphatic heterocycles. The van der Waals surface area contributed by atoms with Gasteiger partial charge >= 0.3 is 0 Å². The van der Waals surface area contributed by atoms with Crippen LogP contribution in [-0.4, -0.2) is 31.7 Å². The summed E-state index contributed by atoms with van der Waals surface area (Å²) in [5.74, 6) is -0.985. The van der Waals surface area contributed by atoms with Crippen LogP contribution in [0.5, 0.6) is 0 Å². The van der Waals surface area contributed by atoms with Crippen molar-refractivity contribution in [2.75, 3.05) is 18.4 Å². The van der Waals surface area contributed by atoms with Crippen molar-refractivity contribution in [2.24, 2.45) is 0 Å². The third-order valence-electron chi connectivity index (χ3n) is 4.22. The molecule has 3 rings (SSSR count). The van der Waals surface area contributed by atoms with E-state index in [0.29, 0.717) is 23.2 Å². The number of amides is 1. The summed E-state index contributed by atoms with van der Waals surface area (Å²) in [6.45, 7) is 0.979. The van der Waals surface area contributed by atoms with E-state index >= 15 is 0 Å². The number of anilines is 1. The summed E-state index contributed by atoms with van der Waals surface area (Å²) in [4.78, 5) is 12.6. The lowest BCUT2D eigenvalue weighted by Crippen LogP contribution is -2.35. The van der Waals surface area contributed by atoms with Crippen molar-refractivity contribution in [2.45, 2.75) is 24.2 Å². The molecule has 1 fully saturated rings. The van der Waals surface area contributed by atoms with E-state index in [0.717, 1.165) is 19.3 Å². The number of nitrogens with one attached hydrogen (secondary N) is 1. The number of hydrogen-bond acceptors (Lipinski definition) is 3. The highest BCUT2D eigenvalue weighted by Gasteiger charge is 2.27. The van der Waals surface area contributed by atoms with E-state index < -0.39 is 21.7 Å². The molecule has 0 saturated carbocycles. The first-order valence-corrected chi connectivity index (χ1v) is 10.5. The molecule has 1 saturated heterocycles. The second-order valence-corrected chi connectivity index (χ2v) is 8.86. The Morgan fingerprint density at radius 3 is 2.50 bits per heavy atom. The Morgan fingerprint density at radius 2 is 1.81 bits per heavy atom. The zero-order valence-electron chi connectivity index (χ0n) is 13.9. The first-order chi connectivity index (χ1) is 12.4. The number of carbonyl (C=O) groups excluding carboxylic acids is 1. The predicted molar refractivity (Wildman–Crippen MR) is 101 cm³/mol. The Balaban J connectivity index is 1.88. The van der Waals surface area contributed by atoms with Gasteiger partial charge in [-0.1, -0.05) is 12.5 Å². The van der Waals surface area contributed by atoms with Gasteiger partial charge in [0, 0.05) is 23.2 Å². The lowest BCUT2D eigenvalue weighted by Gasteiger charge is -2.26. The van der Waals surface area contributed by atoms with E-state index in [2.05, 4.69) is 21.2 Å². The van der Waals surface area contributed by atoms with Crippen molar-refractivity contribution >= 4 is 37.5 Å². The minimum absolute atomic E-state index is 0.0759. The molecule has 2 aromatic rings. The average molecular weight is 441 g/mol. The van der Waals surface area contributed by atoms with E-state index in [9.17, 15) is 17.6 Å². The lowest BCUT2D eigenvalue weighted by atomic mass is 10.2. The SMILES string of the molecule is O=C(Nc1cccc(F)c1)c1cc(S(=O)(=O)N2CCCCC2)ccc1Br. The summed E-state index contributed by atoms with van der Waals surface area (Å²) >= 11 is 3.28. The van der Waals surface area contributed by atoms with Crippen LogP contribution >= 0.6 is 15.9 Å². The first kappa shape index (κ1) is 19.0. The molecule has 0 bridgehead atoms. The van der Waals surface area contributed by atoms with Crippen molar-refractivity contribution < 1.29 is 17.6 Å². The van der Waals surface area contributed by atoms with Crippen molar-refractivity contribution in [3.63, 3.8) is 0 Å². The van der Waals surface area contributed by atoms with Crippen LogP contribution in [0, 0.1) is 5.82 Å². The van der Waals surface area contributed by atoms with Crippen molar-refractivity contribution in [3.05, 3.63) is 58.3 Å². The van der Waals surface area contributed by atoms with Gasteiger partial charge in [-0.15, -0.1) is 0 Å². The maximum absolute atomic E-state index is 13.3. The van der Waals surface area contributed by atoms with Gasteiger partial charge < -0.3 is 5.32 Å². The van der Waals surface area contributed by atoms with Crippen LogP contribution in [-0.2, 0) is 10.0 Å². The summed E-state index contributed by atoms with van der Waals surface area (Å²) in [6, 6.07) is 9.88. The van der Waals surface area contributed by atoms with Gasteiger partial charge in [-0.3, -0.25) is 4.79 Å². The second-order valence-electron chi connectivity index (χ2n) is 6.07. The Morgan fingerprint density at radius 1 is 1.08 bits per heavy atom. The number of rotatable bonds is 4. The Bertz CT molecular complexity index is 928. The van der Waals surface area contributed by atoms with Crippen LogP contribution < -0.4 is 5.32 Å². The standard InChI is InChI=1S/C18H18BrFN2O3S/c19-17-8-7-15(26(24,25)22-9-2-1-3-10-22)12-16(17)18(23)21-14-6-4-5-13(20)11-14/h4-8,11-12H,1-3,9-10H2,(H,21,23). The molecule has 0 aromatic heterocycles. The highest BCUT2D eigenvalue weighted by atomic mass is 79.9. The van der Waals surface area contributed by atoms with E-state index in [1.54, 1.807) is 6.07 Å². The number of nitrogens with zero attached hydrogens (tertiary/aromatic N) is 1. The number of hydrogen-bond donors (Lipinski definition) is 1. The maximum Gasteiger partial charge on any atom is 0.256 e. The molecule has 1 N–H and O–H groups in total. The van der Waals surface area contributed by atoms with Gasteiger partial charge in [-0.2, -0.15) is 4.31 Å². The summed E-state index contributed by atoms with van der Waals surface area (Å²) in [6.07, 6.45) is 2.69. The molecule has 2 aromatic carbocycles. The summed E-state index contributed by atoms with van der Waals surface area (Å²) in [5.41, 5.74) is 0.471. The van der Waals surface area contributed by atoms with Crippen molar-refractivity contribution in [3.8, 4) is 0 Å². The number of piperidine rings is 1. The Labute approximate surface area is 160 Å². The minimum atomic E-state index is -3.64. The van der Waals surface area contributed by atoms with Gasteiger partial charge in [-0.25, -0.2) is 12.8 Å². The third-order valence-corrected chi connectivity index (χ3v) is 6.80. The van der Waals surface area contributed by atoms with E-state index in [4.69, 9.17) is 0 Å². The van der Waals surface area contributed by atoms with Gasteiger partial charge in [0.25, 0.3) is 5.91 Å². The monoisotopic (exact) mass is 440 g/mol. The molecule has 138 valence electrons. The van der Waals surface area contributed by atoms with Gasteiger partial charge in [0.2, 0.25) is 10.0 Å². The highest BCUT2D eigenvalue weighted by Crippen LogP contribution is 2.26. The molecule has 0 atom stereocenters. The fraction of sp³-hybridized carbons (Fsp3) is 0.278. The maximum atomic E-state index is 13.3. The topological polar surface area (TPSA) is 66.5 Å². The van der Waals surface area contributed by atoms with Crippen molar-refractivity contribution in [1.29, 1.82) is 0 Å². The fourth-order valence-corrected chi connectivity index (χ4v) is 4.83. The molecular weight excluding hydrogens is 423 g/mol. The number of halogens is 2. The van der Waals surface area contributed by atoms with Gasteiger partial charge in [-0.05, 0) is 65.2 Å². The van der Waals surface area contributed by atoms with Crippen molar-refractivity contribution in [1.82, 2.24) is 4.31 Å². The second kappa shape index (κ2) is 7.85. The zero-order valence-corrected chi connectivity index (χ0v) is 16.3.